The molecule has 0 atom stereocenters. The maximum Gasteiger partial charge on any atom is 0.330 e. The predicted molar refractivity (Wildman–Crippen MR) is 131 cm³/mol. The van der Waals surface area contributed by atoms with Crippen molar-refractivity contribution in [2.24, 2.45) is 0 Å². The molecular weight excluding hydrogens is 414 g/mol. The highest BCUT2D eigenvalue weighted by Gasteiger charge is 1.95. The Kier molecular flexibility index (Phi) is 30.8. The van der Waals surface area contributed by atoms with Crippen LogP contribution < -0.4 is 0 Å². The van der Waals surface area contributed by atoms with E-state index in [-0.39, 0.29) is 22.6 Å². The van der Waals surface area contributed by atoms with Gasteiger partial charge in [-0.25, -0.2) is 4.79 Å². The molecule has 0 fully saturated rings. The molecule has 0 amide bonds. The molecule has 0 saturated heterocycles. The van der Waals surface area contributed by atoms with Crippen molar-refractivity contribution in [1.82, 2.24) is 4.90 Å². The van der Waals surface area contributed by atoms with Gasteiger partial charge in [0.2, 0.25) is 0 Å². The molecule has 170 valence electrons. The summed E-state index contributed by atoms with van der Waals surface area (Å²) in [7, 11) is 4.34. The van der Waals surface area contributed by atoms with E-state index in [1.54, 1.807) is 0 Å². The summed E-state index contributed by atoms with van der Waals surface area (Å²) in [6.07, 6.45) is 23.3. The number of aliphatic carboxylic acids is 1. The Morgan fingerprint density at radius 1 is 0.714 bits per heavy atom. The molecule has 0 aliphatic heterocycles. The van der Waals surface area contributed by atoms with E-state index >= 15 is 0 Å². The zero-order chi connectivity index (χ0) is 20.8. The fourth-order valence-corrected chi connectivity index (χ4v) is 2.98. The van der Waals surface area contributed by atoms with E-state index in [0.717, 1.165) is 0 Å². The first-order valence-corrected chi connectivity index (χ1v) is 11.4. The number of hydrogen-bond acceptors (Lipinski definition) is 2. The molecule has 0 aliphatic carbocycles. The van der Waals surface area contributed by atoms with Crippen LogP contribution in [0, 0.1) is 0 Å². The minimum absolute atomic E-state index is 0. The van der Waals surface area contributed by atoms with Gasteiger partial charge in [0.1, 0.15) is 0 Å². The lowest BCUT2D eigenvalue weighted by Gasteiger charge is -2.08. The molecule has 0 radical (unpaired) electrons. The van der Waals surface area contributed by atoms with Crippen LogP contribution in [0.3, 0.4) is 0 Å². The number of carbonyl (C=O) groups is 1. The van der Waals surface area contributed by atoms with Crippen LogP contribution in [-0.4, -0.2) is 36.6 Å². The zero-order valence-corrected chi connectivity index (χ0v) is 21.2. The first-order chi connectivity index (χ1) is 12.9. The minimum Gasteiger partial charge on any atom is -0.478 e. The van der Waals surface area contributed by atoms with E-state index < -0.39 is 5.97 Å². The summed E-state index contributed by atoms with van der Waals surface area (Å²) in [4.78, 5) is 11.9. The summed E-state index contributed by atoms with van der Waals surface area (Å²) < 4.78 is 0. The van der Waals surface area contributed by atoms with Crippen LogP contribution in [-0.2, 0) is 4.79 Å². The lowest BCUT2D eigenvalue weighted by molar-refractivity contribution is -0.132. The molecule has 0 aromatic carbocycles. The Hall–Kier alpha value is -0.350. The normalized spacial score (nSPS) is 10.2. The Morgan fingerprint density at radius 2 is 0.964 bits per heavy atom. The van der Waals surface area contributed by atoms with Gasteiger partial charge in [0.15, 0.2) is 0 Å². The van der Waals surface area contributed by atoms with Gasteiger partial charge in [-0.05, 0) is 34.0 Å². The molecule has 0 aromatic heterocycles. The van der Waals surface area contributed by atoms with Gasteiger partial charge in [-0.3, -0.25) is 0 Å². The van der Waals surface area contributed by atoms with Crippen LogP contribution in [0.25, 0.3) is 0 Å². The Bertz CT molecular complexity index is 321. The van der Waals surface area contributed by atoms with Crippen molar-refractivity contribution in [1.29, 1.82) is 0 Å². The number of halogens is 1. The monoisotopic (exact) mass is 463 g/mol. The number of carboxylic acids is 1. The molecule has 0 spiro atoms. The molecule has 28 heavy (non-hydrogen) atoms. The third kappa shape index (κ3) is 33.3. The van der Waals surface area contributed by atoms with Crippen molar-refractivity contribution in [3.63, 3.8) is 0 Å². The maximum absolute atomic E-state index is 9.60. The lowest BCUT2D eigenvalue weighted by atomic mass is 10.0. The van der Waals surface area contributed by atoms with Crippen LogP contribution in [0.1, 0.15) is 117 Å². The SMILES string of the molecule is Br.C=C(C)C(=O)O.CCCCCCCCCCCCCCCCCCN(C)C. The number of nitrogens with zero attached hydrogens (tertiary/aromatic N) is 1. The van der Waals surface area contributed by atoms with E-state index in [1.165, 1.54) is 116 Å². The maximum atomic E-state index is 9.60. The van der Waals surface area contributed by atoms with Gasteiger partial charge in [0.25, 0.3) is 0 Å². The molecule has 0 bridgehead atoms. The molecule has 0 rings (SSSR count). The van der Waals surface area contributed by atoms with Crippen LogP contribution in [0.5, 0.6) is 0 Å². The smallest absolute Gasteiger partial charge is 0.330 e. The van der Waals surface area contributed by atoms with Gasteiger partial charge < -0.3 is 10.0 Å². The number of hydrogen-bond donors (Lipinski definition) is 1. The summed E-state index contributed by atoms with van der Waals surface area (Å²) >= 11 is 0. The van der Waals surface area contributed by atoms with E-state index in [0.29, 0.717) is 0 Å². The molecule has 3 nitrogen and oxygen atoms in total. The molecule has 0 aromatic rings. The van der Waals surface area contributed by atoms with Gasteiger partial charge in [-0.2, -0.15) is 0 Å². The third-order valence-corrected chi connectivity index (χ3v) is 4.82. The van der Waals surface area contributed by atoms with Crippen molar-refractivity contribution in [2.45, 2.75) is 117 Å². The van der Waals surface area contributed by atoms with Crippen LogP contribution >= 0.6 is 17.0 Å². The van der Waals surface area contributed by atoms with Gasteiger partial charge in [0.05, 0.1) is 0 Å². The number of unbranched alkanes of at least 4 members (excludes halogenated alkanes) is 15. The highest BCUT2D eigenvalue weighted by atomic mass is 79.9. The fraction of sp³-hybridized carbons (Fsp3) is 0.875. The second-order valence-corrected chi connectivity index (χ2v) is 8.19. The summed E-state index contributed by atoms with van der Waals surface area (Å²) in [5.41, 5.74) is 0.176. The first-order valence-electron chi connectivity index (χ1n) is 11.4. The topological polar surface area (TPSA) is 40.5 Å². The quantitative estimate of drug-likeness (QED) is 0.165. The van der Waals surface area contributed by atoms with Crippen molar-refractivity contribution in [3.05, 3.63) is 12.2 Å². The standard InChI is InChI=1S/C20H43N.C4H6O2.BrH/c1-4-5-6-7-8-9-10-11-12-13-14-15-16-17-18-19-20-21(2)3;1-3(2)4(5)6;/h4-20H2,1-3H3;1H2,2H3,(H,5,6);1H. The summed E-state index contributed by atoms with van der Waals surface area (Å²) in [6.45, 7) is 8.16. The Morgan fingerprint density at radius 3 is 1.18 bits per heavy atom. The van der Waals surface area contributed by atoms with Gasteiger partial charge in [-0.15, -0.1) is 17.0 Å². The molecule has 4 heteroatoms. The summed E-state index contributed by atoms with van der Waals surface area (Å²) in [6, 6.07) is 0. The number of rotatable bonds is 18. The first kappa shape index (κ1) is 32.3. The summed E-state index contributed by atoms with van der Waals surface area (Å²) in [5, 5.41) is 7.89. The molecule has 1 N–H and O–H groups in total. The molecule has 0 saturated carbocycles. The molecule has 0 unspecified atom stereocenters. The fourth-order valence-electron chi connectivity index (χ4n) is 2.98. The number of carboxylic acid groups (broad SMARTS) is 1. The van der Waals surface area contributed by atoms with E-state index in [4.69, 9.17) is 5.11 Å². The van der Waals surface area contributed by atoms with Crippen molar-refractivity contribution >= 4 is 23.0 Å². The van der Waals surface area contributed by atoms with Crippen LogP contribution in [0.2, 0.25) is 0 Å². The predicted octanol–water partition coefficient (Wildman–Crippen LogP) is 8.03. The third-order valence-electron chi connectivity index (χ3n) is 4.82. The highest BCUT2D eigenvalue weighted by Crippen LogP contribution is 2.13. The zero-order valence-electron chi connectivity index (χ0n) is 19.4. The molecule has 0 heterocycles. The van der Waals surface area contributed by atoms with Gasteiger partial charge in [-0.1, -0.05) is 110 Å². The average Bonchev–Trinajstić information content (AvgIpc) is 2.61. The van der Waals surface area contributed by atoms with E-state index in [2.05, 4.69) is 32.5 Å². The Labute approximate surface area is 187 Å². The largest absolute Gasteiger partial charge is 0.478 e. The van der Waals surface area contributed by atoms with Crippen molar-refractivity contribution in [2.75, 3.05) is 20.6 Å². The van der Waals surface area contributed by atoms with E-state index in [1.807, 2.05) is 0 Å². The van der Waals surface area contributed by atoms with E-state index in [9.17, 15) is 4.79 Å². The highest BCUT2D eigenvalue weighted by molar-refractivity contribution is 8.93. The Balaban J connectivity index is -0.000000771. The van der Waals surface area contributed by atoms with Crippen LogP contribution in [0.4, 0.5) is 0 Å². The minimum atomic E-state index is -0.935. The summed E-state index contributed by atoms with van der Waals surface area (Å²) in [5.74, 6) is -0.935. The van der Waals surface area contributed by atoms with Crippen molar-refractivity contribution in [3.8, 4) is 0 Å². The lowest BCUT2D eigenvalue weighted by Crippen LogP contribution is -2.12. The van der Waals surface area contributed by atoms with Gasteiger partial charge in [0, 0.05) is 5.57 Å². The molecule has 0 aliphatic rings. The second-order valence-electron chi connectivity index (χ2n) is 8.19. The van der Waals surface area contributed by atoms with Gasteiger partial charge >= 0.3 is 5.97 Å². The average molecular weight is 465 g/mol. The molecular formula is C24H50BrNO2. The van der Waals surface area contributed by atoms with Crippen molar-refractivity contribution < 1.29 is 9.90 Å². The second kappa shape index (κ2) is 26.6. The van der Waals surface area contributed by atoms with Crippen LogP contribution in [0.15, 0.2) is 12.2 Å².